The molecule has 0 radical (unpaired) electrons. The van der Waals surface area contributed by atoms with Gasteiger partial charge < -0.3 is 9.67 Å². The predicted octanol–water partition coefficient (Wildman–Crippen LogP) is 2.59. The van der Waals surface area contributed by atoms with Crippen LogP contribution in [0.2, 0.25) is 0 Å². The highest BCUT2D eigenvalue weighted by molar-refractivity contribution is 5.81. The van der Waals surface area contributed by atoms with E-state index in [-0.39, 0.29) is 12.0 Å². The van der Waals surface area contributed by atoms with Gasteiger partial charge in [0.15, 0.2) is 0 Å². The molecule has 1 saturated carbocycles. The Morgan fingerprint density at radius 1 is 1.31 bits per heavy atom. The van der Waals surface area contributed by atoms with Crippen molar-refractivity contribution in [2.24, 2.45) is 7.05 Å². The topological polar surface area (TPSA) is 25.2 Å². The molecule has 0 unspecified atom stereocenters. The Bertz CT molecular complexity index is 517. The van der Waals surface area contributed by atoms with Crippen LogP contribution in [0.3, 0.4) is 0 Å². The summed E-state index contributed by atoms with van der Waals surface area (Å²) in [4.78, 5) is 0. The summed E-state index contributed by atoms with van der Waals surface area (Å²) in [5.41, 5.74) is 2.62. The van der Waals surface area contributed by atoms with Crippen LogP contribution in [0.25, 0.3) is 10.9 Å². The molecule has 1 N–H and O–H groups in total. The van der Waals surface area contributed by atoms with E-state index in [2.05, 4.69) is 42.1 Å². The summed E-state index contributed by atoms with van der Waals surface area (Å²) in [6.45, 7) is 0.281. The fourth-order valence-corrected chi connectivity index (χ4v) is 2.73. The maximum Gasteiger partial charge on any atom is 0.0527 e. The SMILES string of the molecule is Cn1ccc2ccc(C3(CO)CCC3)cc21. The second-order valence-electron chi connectivity index (χ2n) is 4.99. The smallest absolute Gasteiger partial charge is 0.0527 e. The minimum absolute atomic E-state index is 0.0540. The summed E-state index contributed by atoms with van der Waals surface area (Å²) < 4.78 is 2.14. The van der Waals surface area contributed by atoms with Crippen LogP contribution in [0.4, 0.5) is 0 Å². The maximum atomic E-state index is 9.58. The van der Waals surface area contributed by atoms with E-state index in [1.165, 1.54) is 22.9 Å². The van der Waals surface area contributed by atoms with Gasteiger partial charge in [-0.3, -0.25) is 0 Å². The second kappa shape index (κ2) is 3.36. The number of aromatic nitrogens is 1. The van der Waals surface area contributed by atoms with E-state index in [0.717, 1.165) is 12.8 Å². The monoisotopic (exact) mass is 215 g/mol. The van der Waals surface area contributed by atoms with Gasteiger partial charge in [0.25, 0.3) is 0 Å². The summed E-state index contributed by atoms with van der Waals surface area (Å²) in [6.07, 6.45) is 5.57. The van der Waals surface area contributed by atoms with Crippen molar-refractivity contribution in [3.05, 3.63) is 36.0 Å². The van der Waals surface area contributed by atoms with Crippen molar-refractivity contribution in [1.29, 1.82) is 0 Å². The van der Waals surface area contributed by atoms with Crippen molar-refractivity contribution >= 4 is 10.9 Å². The van der Waals surface area contributed by atoms with Crippen molar-refractivity contribution in [2.45, 2.75) is 24.7 Å². The minimum atomic E-state index is 0.0540. The van der Waals surface area contributed by atoms with Gasteiger partial charge in [-0.2, -0.15) is 0 Å². The van der Waals surface area contributed by atoms with Crippen molar-refractivity contribution < 1.29 is 5.11 Å². The molecule has 1 fully saturated rings. The number of hydrogen-bond acceptors (Lipinski definition) is 1. The maximum absolute atomic E-state index is 9.58. The number of benzene rings is 1. The Hall–Kier alpha value is -1.28. The summed E-state index contributed by atoms with van der Waals surface area (Å²) >= 11 is 0. The lowest BCUT2D eigenvalue weighted by Crippen LogP contribution is -2.37. The summed E-state index contributed by atoms with van der Waals surface area (Å²) in [5.74, 6) is 0. The zero-order valence-corrected chi connectivity index (χ0v) is 9.61. The molecule has 1 aliphatic rings. The number of nitrogens with zero attached hydrogens (tertiary/aromatic N) is 1. The van der Waals surface area contributed by atoms with Gasteiger partial charge in [-0.25, -0.2) is 0 Å². The third-order valence-electron chi connectivity index (χ3n) is 4.11. The summed E-state index contributed by atoms with van der Waals surface area (Å²) in [6, 6.07) is 8.72. The van der Waals surface area contributed by atoms with Gasteiger partial charge in [0, 0.05) is 24.2 Å². The molecule has 0 amide bonds. The highest BCUT2D eigenvalue weighted by Gasteiger charge is 2.38. The number of aliphatic hydroxyl groups excluding tert-OH is 1. The van der Waals surface area contributed by atoms with Gasteiger partial charge in [0.1, 0.15) is 0 Å². The lowest BCUT2D eigenvalue weighted by molar-refractivity contribution is 0.120. The molecule has 1 aromatic carbocycles. The van der Waals surface area contributed by atoms with Gasteiger partial charge in [0.2, 0.25) is 0 Å². The molecule has 0 atom stereocenters. The molecule has 1 heterocycles. The van der Waals surface area contributed by atoms with Crippen molar-refractivity contribution in [2.75, 3.05) is 6.61 Å². The van der Waals surface area contributed by atoms with E-state index in [4.69, 9.17) is 0 Å². The van der Waals surface area contributed by atoms with E-state index in [0.29, 0.717) is 0 Å². The van der Waals surface area contributed by atoms with E-state index in [9.17, 15) is 5.11 Å². The Morgan fingerprint density at radius 2 is 2.12 bits per heavy atom. The highest BCUT2D eigenvalue weighted by Crippen LogP contribution is 2.43. The normalized spacial score (nSPS) is 18.6. The molecular formula is C14H17NO. The molecule has 2 heteroatoms. The molecule has 3 rings (SSSR count). The number of aliphatic hydroxyl groups is 1. The molecule has 16 heavy (non-hydrogen) atoms. The van der Waals surface area contributed by atoms with Crippen LogP contribution < -0.4 is 0 Å². The van der Waals surface area contributed by atoms with Gasteiger partial charge >= 0.3 is 0 Å². The van der Waals surface area contributed by atoms with Crippen LogP contribution in [0.15, 0.2) is 30.5 Å². The molecule has 2 aromatic rings. The standard InChI is InChI=1S/C14H17NO/c1-15-8-5-11-3-4-12(9-13(11)15)14(10-16)6-2-7-14/h3-5,8-9,16H,2,6-7,10H2,1H3. The average molecular weight is 215 g/mol. The van der Waals surface area contributed by atoms with Crippen LogP contribution in [-0.2, 0) is 12.5 Å². The molecule has 0 spiro atoms. The molecule has 2 nitrogen and oxygen atoms in total. The number of rotatable bonds is 2. The average Bonchev–Trinajstić information content (AvgIpc) is 2.60. The van der Waals surface area contributed by atoms with E-state index in [1.54, 1.807) is 0 Å². The molecule has 0 bridgehead atoms. The number of fused-ring (bicyclic) bond motifs is 1. The first kappa shape index (κ1) is 9.91. The fraction of sp³-hybridized carbons (Fsp3) is 0.429. The van der Waals surface area contributed by atoms with Gasteiger partial charge in [-0.15, -0.1) is 0 Å². The van der Waals surface area contributed by atoms with E-state index >= 15 is 0 Å². The third-order valence-corrected chi connectivity index (χ3v) is 4.11. The van der Waals surface area contributed by atoms with Crippen molar-refractivity contribution in [3.8, 4) is 0 Å². The van der Waals surface area contributed by atoms with Crippen molar-refractivity contribution in [1.82, 2.24) is 4.57 Å². The Morgan fingerprint density at radius 3 is 2.75 bits per heavy atom. The molecule has 1 aromatic heterocycles. The zero-order chi connectivity index (χ0) is 11.2. The van der Waals surface area contributed by atoms with Crippen LogP contribution >= 0.6 is 0 Å². The van der Waals surface area contributed by atoms with E-state index < -0.39 is 0 Å². The summed E-state index contributed by atoms with van der Waals surface area (Å²) in [5, 5.41) is 10.9. The lowest BCUT2D eigenvalue weighted by atomic mass is 9.65. The minimum Gasteiger partial charge on any atom is -0.395 e. The lowest BCUT2D eigenvalue weighted by Gasteiger charge is -2.40. The van der Waals surface area contributed by atoms with Gasteiger partial charge in [-0.1, -0.05) is 18.6 Å². The van der Waals surface area contributed by atoms with Crippen LogP contribution in [0, 0.1) is 0 Å². The Kier molecular flexibility index (Phi) is 2.08. The molecular weight excluding hydrogens is 198 g/mol. The largest absolute Gasteiger partial charge is 0.395 e. The first-order chi connectivity index (χ1) is 7.75. The number of aryl methyl sites for hydroxylation is 1. The van der Waals surface area contributed by atoms with Gasteiger partial charge in [0.05, 0.1) is 6.61 Å². The molecule has 0 saturated heterocycles. The van der Waals surface area contributed by atoms with Gasteiger partial charge in [-0.05, 0) is 35.9 Å². The van der Waals surface area contributed by atoms with Crippen LogP contribution in [-0.4, -0.2) is 16.3 Å². The highest BCUT2D eigenvalue weighted by atomic mass is 16.3. The van der Waals surface area contributed by atoms with Crippen LogP contribution in [0.5, 0.6) is 0 Å². The van der Waals surface area contributed by atoms with Crippen molar-refractivity contribution in [3.63, 3.8) is 0 Å². The Balaban J connectivity index is 2.13. The number of hydrogen-bond donors (Lipinski definition) is 1. The van der Waals surface area contributed by atoms with E-state index in [1.807, 2.05) is 0 Å². The second-order valence-corrected chi connectivity index (χ2v) is 4.99. The Labute approximate surface area is 95.5 Å². The first-order valence-electron chi connectivity index (χ1n) is 5.92. The predicted molar refractivity (Wildman–Crippen MR) is 65.5 cm³/mol. The molecule has 0 aliphatic heterocycles. The third kappa shape index (κ3) is 1.23. The molecule has 84 valence electrons. The van der Waals surface area contributed by atoms with Crippen LogP contribution in [0.1, 0.15) is 24.8 Å². The fourth-order valence-electron chi connectivity index (χ4n) is 2.73. The molecule has 1 aliphatic carbocycles. The summed E-state index contributed by atoms with van der Waals surface area (Å²) in [7, 11) is 2.07. The zero-order valence-electron chi connectivity index (χ0n) is 9.61. The quantitative estimate of drug-likeness (QED) is 0.818. The first-order valence-corrected chi connectivity index (χ1v) is 5.92.